The van der Waals surface area contributed by atoms with E-state index < -0.39 is 11.7 Å². The van der Waals surface area contributed by atoms with Gasteiger partial charge >= 0.3 is 6.18 Å². The Kier molecular flexibility index (Phi) is 4.29. The maximum absolute atomic E-state index is 13.1. The van der Waals surface area contributed by atoms with E-state index in [9.17, 15) is 13.2 Å². The van der Waals surface area contributed by atoms with Gasteiger partial charge in [-0.3, -0.25) is 0 Å². The lowest BCUT2D eigenvalue weighted by Crippen LogP contribution is -2.13. The fourth-order valence-electron chi connectivity index (χ4n) is 3.24. The molecule has 2 aromatic heterocycles. The molecular weight excluding hydrogens is 377 g/mol. The number of hydrogen-bond donors (Lipinski definition) is 1. The number of aromatic nitrogens is 4. The topological polar surface area (TPSA) is 46.5 Å². The lowest BCUT2D eigenvalue weighted by atomic mass is 9.92. The smallest absolute Gasteiger partial charge is 0.322 e. The van der Waals surface area contributed by atoms with E-state index in [-0.39, 0.29) is 5.41 Å². The summed E-state index contributed by atoms with van der Waals surface area (Å²) in [6, 6.07) is 13.1. The fraction of sp³-hybridized carbons (Fsp3) is 0.273. The van der Waals surface area contributed by atoms with Gasteiger partial charge in [0.2, 0.25) is 0 Å². The first-order chi connectivity index (χ1) is 13.5. The van der Waals surface area contributed by atoms with Crippen LogP contribution in [0, 0.1) is 6.92 Å². The van der Waals surface area contributed by atoms with Gasteiger partial charge in [-0.2, -0.15) is 18.3 Å². The quantitative estimate of drug-likeness (QED) is 0.447. The molecule has 0 aliphatic heterocycles. The molecular formula is C22H21F3N4. The fourth-order valence-corrected chi connectivity index (χ4v) is 3.24. The van der Waals surface area contributed by atoms with Crippen molar-refractivity contribution in [3.8, 4) is 17.1 Å². The first kappa shape index (κ1) is 19.2. The molecule has 4 rings (SSSR count). The highest BCUT2D eigenvalue weighted by atomic mass is 19.4. The van der Waals surface area contributed by atoms with Gasteiger partial charge in [-0.15, -0.1) is 0 Å². The molecule has 0 bridgehead atoms. The largest absolute Gasteiger partial charge is 0.416 e. The molecule has 7 heteroatoms. The van der Waals surface area contributed by atoms with Gasteiger partial charge in [0.1, 0.15) is 11.3 Å². The molecule has 0 radical (unpaired) electrons. The summed E-state index contributed by atoms with van der Waals surface area (Å²) in [6.07, 6.45) is -4.41. The van der Waals surface area contributed by atoms with Crippen LogP contribution in [-0.2, 0) is 11.6 Å². The van der Waals surface area contributed by atoms with Crippen molar-refractivity contribution >= 4 is 11.2 Å². The minimum absolute atomic E-state index is 0.283. The van der Waals surface area contributed by atoms with Crippen molar-refractivity contribution in [1.29, 1.82) is 0 Å². The number of nitrogens with one attached hydrogen (secondary N) is 1. The third-order valence-corrected chi connectivity index (χ3v) is 4.77. The first-order valence-electron chi connectivity index (χ1n) is 9.28. The van der Waals surface area contributed by atoms with Crippen molar-refractivity contribution in [3.63, 3.8) is 0 Å². The summed E-state index contributed by atoms with van der Waals surface area (Å²) in [6.45, 7) is 8.11. The van der Waals surface area contributed by atoms with Crippen LogP contribution in [0.2, 0.25) is 0 Å². The number of alkyl halides is 3. The van der Waals surface area contributed by atoms with Crippen LogP contribution < -0.4 is 0 Å². The van der Waals surface area contributed by atoms with Gasteiger partial charge in [0.05, 0.1) is 16.9 Å². The van der Waals surface area contributed by atoms with Crippen molar-refractivity contribution in [1.82, 2.24) is 19.7 Å². The molecule has 2 aromatic carbocycles. The zero-order valence-electron chi connectivity index (χ0n) is 16.6. The molecule has 0 amide bonds. The van der Waals surface area contributed by atoms with Crippen molar-refractivity contribution in [2.24, 2.45) is 0 Å². The van der Waals surface area contributed by atoms with Crippen molar-refractivity contribution < 1.29 is 13.2 Å². The monoisotopic (exact) mass is 398 g/mol. The number of rotatable bonds is 2. The highest BCUT2D eigenvalue weighted by Gasteiger charge is 2.31. The number of aromatic amines is 1. The Hall–Kier alpha value is -3.09. The second-order valence-electron chi connectivity index (χ2n) is 8.21. The summed E-state index contributed by atoms with van der Waals surface area (Å²) >= 11 is 0. The third kappa shape index (κ3) is 3.52. The standard InChI is InChI=1S/C22H21F3N4/c1-13-8-10-16(11-9-13)29-20-17(18(28-29)21(2,3)4)26-19(27-20)14-6-5-7-15(12-14)22(23,24)25/h5-12H,1-4H3,(H,26,27). The van der Waals surface area contributed by atoms with E-state index >= 15 is 0 Å². The van der Waals surface area contributed by atoms with Gasteiger partial charge in [0, 0.05) is 11.0 Å². The van der Waals surface area contributed by atoms with E-state index in [0.717, 1.165) is 29.1 Å². The van der Waals surface area contributed by atoms with Gasteiger partial charge in [0.15, 0.2) is 5.65 Å². The third-order valence-electron chi connectivity index (χ3n) is 4.77. The average Bonchev–Trinajstić information content (AvgIpc) is 3.20. The van der Waals surface area contributed by atoms with E-state index in [4.69, 9.17) is 5.10 Å². The van der Waals surface area contributed by atoms with Gasteiger partial charge < -0.3 is 4.98 Å². The molecule has 0 unspecified atom stereocenters. The summed E-state index contributed by atoms with van der Waals surface area (Å²) in [5.74, 6) is 0.384. The Balaban J connectivity index is 1.92. The molecule has 0 saturated heterocycles. The van der Waals surface area contributed by atoms with Crippen molar-refractivity contribution in [3.05, 3.63) is 65.4 Å². The highest BCUT2D eigenvalue weighted by molar-refractivity contribution is 5.81. The molecule has 0 aliphatic carbocycles. The summed E-state index contributed by atoms with van der Waals surface area (Å²) in [4.78, 5) is 7.82. The maximum atomic E-state index is 13.1. The van der Waals surface area contributed by atoms with Gasteiger partial charge in [-0.1, -0.05) is 50.6 Å². The van der Waals surface area contributed by atoms with E-state index in [2.05, 4.69) is 9.97 Å². The number of hydrogen-bond acceptors (Lipinski definition) is 2. The van der Waals surface area contributed by atoms with Crippen LogP contribution in [0.15, 0.2) is 48.5 Å². The number of nitrogens with zero attached hydrogens (tertiary/aromatic N) is 3. The van der Waals surface area contributed by atoms with Crippen LogP contribution in [-0.4, -0.2) is 19.7 Å². The predicted octanol–water partition coefficient (Wildman–Crippen LogP) is 6.04. The van der Waals surface area contributed by atoms with Crippen LogP contribution in [0.1, 0.15) is 37.6 Å². The molecule has 150 valence electrons. The van der Waals surface area contributed by atoms with Crippen LogP contribution >= 0.6 is 0 Å². The Morgan fingerprint density at radius 2 is 1.66 bits per heavy atom. The summed E-state index contributed by atoms with van der Waals surface area (Å²) < 4.78 is 41.1. The Morgan fingerprint density at radius 1 is 0.966 bits per heavy atom. The van der Waals surface area contributed by atoms with Crippen LogP contribution in [0.3, 0.4) is 0 Å². The highest BCUT2D eigenvalue weighted by Crippen LogP contribution is 2.34. The number of fused-ring (bicyclic) bond motifs is 1. The normalized spacial score (nSPS) is 12.7. The molecule has 4 aromatic rings. The summed E-state index contributed by atoms with van der Waals surface area (Å²) in [5, 5.41) is 4.76. The second-order valence-corrected chi connectivity index (χ2v) is 8.21. The minimum atomic E-state index is -4.41. The van der Waals surface area contributed by atoms with Crippen molar-refractivity contribution in [2.75, 3.05) is 0 Å². The Labute approximate surface area is 166 Å². The van der Waals surface area contributed by atoms with Crippen molar-refractivity contribution in [2.45, 2.75) is 39.3 Å². The predicted molar refractivity (Wildman–Crippen MR) is 107 cm³/mol. The zero-order valence-corrected chi connectivity index (χ0v) is 16.6. The van der Waals surface area contributed by atoms with Gasteiger partial charge in [0.25, 0.3) is 0 Å². The summed E-state index contributed by atoms with van der Waals surface area (Å²) in [7, 11) is 0. The van der Waals surface area contributed by atoms with Crippen LogP contribution in [0.25, 0.3) is 28.2 Å². The van der Waals surface area contributed by atoms with E-state index in [1.54, 1.807) is 10.7 Å². The first-order valence-corrected chi connectivity index (χ1v) is 9.28. The van der Waals surface area contributed by atoms with E-state index in [0.29, 0.717) is 22.6 Å². The minimum Gasteiger partial charge on any atom is -0.322 e. The number of imidazole rings is 1. The Morgan fingerprint density at radius 3 is 2.28 bits per heavy atom. The molecule has 0 saturated carbocycles. The van der Waals surface area contributed by atoms with E-state index in [1.165, 1.54) is 6.07 Å². The zero-order chi connectivity index (χ0) is 21.0. The molecule has 0 fully saturated rings. The molecule has 29 heavy (non-hydrogen) atoms. The van der Waals surface area contributed by atoms with Gasteiger partial charge in [-0.25, -0.2) is 9.67 Å². The van der Waals surface area contributed by atoms with Crippen LogP contribution in [0.5, 0.6) is 0 Å². The lowest BCUT2D eigenvalue weighted by molar-refractivity contribution is -0.137. The summed E-state index contributed by atoms with van der Waals surface area (Å²) in [5.41, 5.74) is 3.48. The number of H-pyrrole nitrogens is 1. The van der Waals surface area contributed by atoms with E-state index in [1.807, 2.05) is 52.0 Å². The molecule has 0 spiro atoms. The molecule has 0 aliphatic rings. The Bertz CT molecular complexity index is 1180. The second kappa shape index (κ2) is 6.47. The van der Waals surface area contributed by atoms with Gasteiger partial charge in [-0.05, 0) is 31.2 Å². The average molecular weight is 398 g/mol. The molecule has 4 nitrogen and oxygen atoms in total. The van der Waals surface area contributed by atoms with Crippen LogP contribution in [0.4, 0.5) is 13.2 Å². The number of aryl methyl sites for hydroxylation is 1. The molecule has 0 atom stereocenters. The molecule has 1 N–H and O–H groups in total. The number of benzene rings is 2. The SMILES string of the molecule is Cc1ccc(-n2nc(C(C)(C)C)c3nc(-c4cccc(C(F)(F)F)c4)[nH]c32)cc1. The maximum Gasteiger partial charge on any atom is 0.416 e. The molecule has 2 heterocycles. The number of halogens is 3. The lowest BCUT2D eigenvalue weighted by Gasteiger charge is -2.14.